The summed E-state index contributed by atoms with van der Waals surface area (Å²) in [6, 6.07) is 4.19. The van der Waals surface area contributed by atoms with Gasteiger partial charge in [-0.05, 0) is 50.8 Å². The third-order valence-corrected chi connectivity index (χ3v) is 6.21. The first-order valence-corrected chi connectivity index (χ1v) is 9.30. The molecule has 4 rings (SSSR count). The van der Waals surface area contributed by atoms with Gasteiger partial charge in [-0.15, -0.1) is 0 Å². The lowest BCUT2D eigenvalue weighted by molar-refractivity contribution is -0.130. The van der Waals surface area contributed by atoms with Crippen LogP contribution in [0.4, 0.5) is 5.69 Å². The maximum atomic E-state index is 12.5. The van der Waals surface area contributed by atoms with Crippen molar-refractivity contribution in [2.45, 2.75) is 37.6 Å². The number of hydrogen-bond acceptors (Lipinski definition) is 4. The Morgan fingerprint density at radius 1 is 1.17 bits per heavy atom. The second-order valence-electron chi connectivity index (χ2n) is 7.81. The quantitative estimate of drug-likeness (QED) is 0.851. The highest BCUT2D eigenvalue weighted by atomic mass is 16.2. The molecule has 0 aromatic carbocycles. The third-order valence-electron chi connectivity index (χ3n) is 6.21. The number of carbonyl (C=O) groups excluding carboxylic acids is 1. The molecule has 2 aliphatic heterocycles. The smallest absolute Gasteiger partial charge is 0.222 e. The molecular formula is C19H28N4O. The van der Waals surface area contributed by atoms with Gasteiger partial charge >= 0.3 is 0 Å². The molecule has 24 heavy (non-hydrogen) atoms. The van der Waals surface area contributed by atoms with E-state index in [-0.39, 0.29) is 5.54 Å². The first-order valence-electron chi connectivity index (χ1n) is 9.30. The molecule has 5 heteroatoms. The van der Waals surface area contributed by atoms with Crippen LogP contribution in [-0.4, -0.2) is 66.0 Å². The molecule has 1 aromatic rings. The van der Waals surface area contributed by atoms with Crippen LogP contribution in [0.2, 0.25) is 0 Å². The number of likely N-dealkylation sites (N-methyl/N-ethyl adjacent to an activating group) is 1. The molecule has 3 aliphatic rings. The molecule has 5 nitrogen and oxygen atoms in total. The zero-order valence-corrected chi connectivity index (χ0v) is 14.7. The fourth-order valence-corrected chi connectivity index (χ4v) is 4.27. The molecule has 1 aliphatic carbocycles. The standard InChI is InChI=1S/C19H28N4O/c1-21-12-13-23(17-5-9-20-10-6-17)15-19(21)7-4-18(24)22(11-8-19)14-16-2-3-16/h5-6,9-10,16H,2-4,7-8,11-15H2,1H3. The molecule has 0 N–H and O–H groups in total. The highest BCUT2D eigenvalue weighted by molar-refractivity contribution is 5.76. The fraction of sp³-hybridized carbons (Fsp3) is 0.684. The summed E-state index contributed by atoms with van der Waals surface area (Å²) in [5.41, 5.74) is 1.37. The van der Waals surface area contributed by atoms with Crippen LogP contribution in [0.5, 0.6) is 0 Å². The summed E-state index contributed by atoms with van der Waals surface area (Å²) in [4.78, 5) is 23.8. The van der Waals surface area contributed by atoms with Gasteiger partial charge in [0.2, 0.25) is 5.91 Å². The zero-order chi connectivity index (χ0) is 16.6. The maximum Gasteiger partial charge on any atom is 0.222 e. The average Bonchev–Trinajstić information content (AvgIpc) is 3.44. The molecular weight excluding hydrogens is 300 g/mol. The number of piperazine rings is 1. The van der Waals surface area contributed by atoms with Gasteiger partial charge < -0.3 is 9.80 Å². The van der Waals surface area contributed by atoms with E-state index in [1.54, 1.807) is 0 Å². The second kappa shape index (κ2) is 6.36. The minimum absolute atomic E-state index is 0.121. The van der Waals surface area contributed by atoms with Crippen molar-refractivity contribution in [2.75, 3.05) is 44.7 Å². The van der Waals surface area contributed by atoms with Crippen LogP contribution < -0.4 is 4.90 Å². The van der Waals surface area contributed by atoms with Gasteiger partial charge in [0.15, 0.2) is 0 Å². The Hall–Kier alpha value is -1.62. The van der Waals surface area contributed by atoms with E-state index in [2.05, 4.69) is 38.9 Å². The van der Waals surface area contributed by atoms with Crippen LogP contribution in [-0.2, 0) is 4.79 Å². The normalized spacial score (nSPS) is 29.1. The van der Waals surface area contributed by atoms with E-state index in [9.17, 15) is 4.79 Å². The van der Waals surface area contributed by atoms with Crippen molar-refractivity contribution in [3.8, 4) is 0 Å². The summed E-state index contributed by atoms with van der Waals surface area (Å²) < 4.78 is 0. The van der Waals surface area contributed by atoms with E-state index in [1.165, 1.54) is 18.5 Å². The molecule has 3 fully saturated rings. The Morgan fingerprint density at radius 2 is 1.96 bits per heavy atom. The molecule has 0 bridgehead atoms. The number of anilines is 1. The van der Waals surface area contributed by atoms with Crippen LogP contribution in [0.25, 0.3) is 0 Å². The van der Waals surface area contributed by atoms with E-state index in [4.69, 9.17) is 0 Å². The van der Waals surface area contributed by atoms with E-state index in [0.717, 1.165) is 51.5 Å². The van der Waals surface area contributed by atoms with Gasteiger partial charge in [0.1, 0.15) is 0 Å². The van der Waals surface area contributed by atoms with Gasteiger partial charge in [-0.1, -0.05) is 0 Å². The minimum atomic E-state index is 0.121. The monoisotopic (exact) mass is 328 g/mol. The lowest BCUT2D eigenvalue weighted by Crippen LogP contribution is -2.61. The molecule has 1 spiro atoms. The van der Waals surface area contributed by atoms with E-state index >= 15 is 0 Å². The van der Waals surface area contributed by atoms with Gasteiger partial charge in [0, 0.05) is 62.8 Å². The van der Waals surface area contributed by atoms with Crippen LogP contribution in [0.3, 0.4) is 0 Å². The summed E-state index contributed by atoms with van der Waals surface area (Å²) in [6.07, 6.45) is 9.12. The molecule has 0 radical (unpaired) electrons. The number of hydrogen-bond donors (Lipinski definition) is 0. The molecule has 130 valence electrons. The number of rotatable bonds is 3. The first-order chi connectivity index (χ1) is 11.7. The number of carbonyl (C=O) groups is 1. The van der Waals surface area contributed by atoms with Crippen LogP contribution in [0.1, 0.15) is 32.1 Å². The molecule has 1 aromatic heterocycles. The third kappa shape index (κ3) is 3.14. The summed E-state index contributed by atoms with van der Waals surface area (Å²) in [5, 5.41) is 0. The van der Waals surface area contributed by atoms with Crippen molar-refractivity contribution >= 4 is 11.6 Å². The van der Waals surface area contributed by atoms with Gasteiger partial charge in [0.05, 0.1) is 0 Å². The van der Waals surface area contributed by atoms with Crippen LogP contribution in [0, 0.1) is 5.92 Å². The van der Waals surface area contributed by atoms with E-state index < -0.39 is 0 Å². The van der Waals surface area contributed by atoms with Crippen molar-refractivity contribution in [3.63, 3.8) is 0 Å². The van der Waals surface area contributed by atoms with Gasteiger partial charge in [-0.25, -0.2) is 0 Å². The minimum Gasteiger partial charge on any atom is -0.368 e. The molecule has 1 saturated carbocycles. The second-order valence-corrected chi connectivity index (χ2v) is 7.81. The predicted octanol–water partition coefficient (Wildman–Crippen LogP) is 1.99. The predicted molar refractivity (Wildman–Crippen MR) is 95.0 cm³/mol. The van der Waals surface area contributed by atoms with Crippen LogP contribution in [0.15, 0.2) is 24.5 Å². The van der Waals surface area contributed by atoms with Gasteiger partial charge in [-0.2, -0.15) is 0 Å². The van der Waals surface area contributed by atoms with Crippen molar-refractivity contribution in [3.05, 3.63) is 24.5 Å². The summed E-state index contributed by atoms with van der Waals surface area (Å²) in [5.74, 6) is 1.15. The highest BCUT2D eigenvalue weighted by Gasteiger charge is 2.42. The number of pyridine rings is 1. The SMILES string of the molecule is CN1CCN(c2ccncc2)CC12CCC(=O)N(CC1CC1)CC2. The summed E-state index contributed by atoms with van der Waals surface area (Å²) in [6.45, 7) is 5.02. The van der Waals surface area contributed by atoms with Gasteiger partial charge in [0.25, 0.3) is 0 Å². The Bertz CT molecular complexity index is 588. The van der Waals surface area contributed by atoms with Crippen molar-refractivity contribution in [1.29, 1.82) is 0 Å². The molecule has 1 unspecified atom stereocenters. The van der Waals surface area contributed by atoms with Gasteiger partial charge in [-0.3, -0.25) is 14.7 Å². The highest BCUT2D eigenvalue weighted by Crippen LogP contribution is 2.36. The first kappa shape index (κ1) is 15.9. The topological polar surface area (TPSA) is 39.7 Å². The summed E-state index contributed by atoms with van der Waals surface area (Å²) >= 11 is 0. The molecule has 3 heterocycles. The lowest BCUT2D eigenvalue weighted by atomic mass is 9.86. The van der Waals surface area contributed by atoms with Crippen molar-refractivity contribution in [1.82, 2.24) is 14.8 Å². The Morgan fingerprint density at radius 3 is 2.71 bits per heavy atom. The van der Waals surface area contributed by atoms with E-state index in [1.807, 2.05) is 12.4 Å². The number of amides is 1. The van der Waals surface area contributed by atoms with E-state index in [0.29, 0.717) is 12.3 Å². The fourth-order valence-electron chi connectivity index (χ4n) is 4.27. The Labute approximate surface area is 144 Å². The molecule has 1 amide bonds. The number of nitrogens with zero attached hydrogens (tertiary/aromatic N) is 4. The largest absolute Gasteiger partial charge is 0.368 e. The Balaban J connectivity index is 1.50. The average molecular weight is 328 g/mol. The number of likely N-dealkylation sites (tertiary alicyclic amines) is 1. The zero-order valence-electron chi connectivity index (χ0n) is 14.7. The lowest BCUT2D eigenvalue weighted by Gasteiger charge is -2.50. The van der Waals surface area contributed by atoms with Crippen molar-refractivity contribution in [2.24, 2.45) is 5.92 Å². The number of aromatic nitrogens is 1. The molecule has 2 saturated heterocycles. The summed E-state index contributed by atoms with van der Waals surface area (Å²) in [7, 11) is 2.24. The molecule has 1 atom stereocenters. The maximum absolute atomic E-state index is 12.5. The Kier molecular flexibility index (Phi) is 4.21. The van der Waals surface area contributed by atoms with Crippen molar-refractivity contribution < 1.29 is 4.79 Å². The van der Waals surface area contributed by atoms with Crippen LogP contribution >= 0.6 is 0 Å².